The van der Waals surface area contributed by atoms with Crippen molar-refractivity contribution >= 4 is 11.9 Å². The van der Waals surface area contributed by atoms with Crippen molar-refractivity contribution in [1.29, 1.82) is 0 Å². The molecule has 0 heterocycles. The van der Waals surface area contributed by atoms with E-state index in [0.717, 1.165) is 6.42 Å². The van der Waals surface area contributed by atoms with E-state index < -0.39 is 12.1 Å². The van der Waals surface area contributed by atoms with Gasteiger partial charge in [0, 0.05) is 5.57 Å². The normalized spacial score (nSPS) is 13.2. The summed E-state index contributed by atoms with van der Waals surface area (Å²) in [6, 6.07) is 0. The van der Waals surface area contributed by atoms with Crippen LogP contribution in [0, 0.1) is 0 Å². The molecule has 1 atom stereocenters. The van der Waals surface area contributed by atoms with Crippen molar-refractivity contribution in [2.24, 2.45) is 0 Å². The minimum absolute atomic E-state index is 0.138. The van der Waals surface area contributed by atoms with Crippen molar-refractivity contribution in [2.45, 2.75) is 26.4 Å². The first kappa shape index (κ1) is 13.6. The SMILES string of the molecule is CC/C=C(/C)C(=O)NCC(O)C(=O)OC. The minimum atomic E-state index is -1.31. The van der Waals surface area contributed by atoms with Crippen LogP contribution in [0.25, 0.3) is 0 Å². The molecule has 0 spiro atoms. The lowest BCUT2D eigenvalue weighted by atomic mass is 10.2. The molecule has 0 aromatic carbocycles. The van der Waals surface area contributed by atoms with E-state index in [9.17, 15) is 9.59 Å². The van der Waals surface area contributed by atoms with Crippen molar-refractivity contribution < 1.29 is 19.4 Å². The van der Waals surface area contributed by atoms with Gasteiger partial charge in [0.1, 0.15) is 0 Å². The van der Waals surface area contributed by atoms with Gasteiger partial charge in [-0.25, -0.2) is 4.79 Å². The number of ether oxygens (including phenoxy) is 1. The van der Waals surface area contributed by atoms with E-state index in [1.165, 1.54) is 7.11 Å². The van der Waals surface area contributed by atoms with Crippen LogP contribution in [0.1, 0.15) is 20.3 Å². The molecule has 0 aliphatic rings. The van der Waals surface area contributed by atoms with Crippen LogP contribution >= 0.6 is 0 Å². The van der Waals surface area contributed by atoms with E-state index in [-0.39, 0.29) is 12.5 Å². The predicted molar refractivity (Wildman–Crippen MR) is 55.1 cm³/mol. The summed E-state index contributed by atoms with van der Waals surface area (Å²) in [5.41, 5.74) is 0.564. The zero-order valence-electron chi connectivity index (χ0n) is 9.24. The molecule has 86 valence electrons. The van der Waals surface area contributed by atoms with Gasteiger partial charge in [-0.2, -0.15) is 0 Å². The largest absolute Gasteiger partial charge is 0.467 e. The molecule has 0 aliphatic carbocycles. The highest BCUT2D eigenvalue weighted by Crippen LogP contribution is 1.95. The summed E-state index contributed by atoms with van der Waals surface area (Å²) in [5, 5.41) is 11.6. The number of allylic oxidation sites excluding steroid dienone is 1. The van der Waals surface area contributed by atoms with Gasteiger partial charge < -0.3 is 15.2 Å². The van der Waals surface area contributed by atoms with Gasteiger partial charge in [0.2, 0.25) is 5.91 Å². The molecule has 2 N–H and O–H groups in total. The maximum atomic E-state index is 11.3. The lowest BCUT2D eigenvalue weighted by Gasteiger charge is -2.09. The zero-order chi connectivity index (χ0) is 11.8. The second kappa shape index (κ2) is 7.00. The van der Waals surface area contributed by atoms with Crippen LogP contribution in [0.3, 0.4) is 0 Å². The number of carbonyl (C=O) groups excluding carboxylic acids is 2. The number of rotatable bonds is 5. The van der Waals surface area contributed by atoms with Gasteiger partial charge in [-0.15, -0.1) is 0 Å². The second-order valence-corrected chi connectivity index (χ2v) is 3.04. The Hall–Kier alpha value is -1.36. The molecule has 0 fully saturated rings. The highest BCUT2D eigenvalue weighted by molar-refractivity contribution is 5.93. The third kappa shape index (κ3) is 5.17. The summed E-state index contributed by atoms with van der Waals surface area (Å²) >= 11 is 0. The van der Waals surface area contributed by atoms with Gasteiger partial charge in [-0.1, -0.05) is 13.0 Å². The number of methoxy groups -OCH3 is 1. The number of aliphatic hydroxyl groups is 1. The first-order valence-corrected chi connectivity index (χ1v) is 4.73. The van der Waals surface area contributed by atoms with Gasteiger partial charge in [-0.05, 0) is 13.3 Å². The van der Waals surface area contributed by atoms with Crippen molar-refractivity contribution in [2.75, 3.05) is 13.7 Å². The molecular formula is C10H17NO4. The minimum Gasteiger partial charge on any atom is -0.467 e. The van der Waals surface area contributed by atoms with Crippen LogP contribution < -0.4 is 5.32 Å². The second-order valence-electron chi connectivity index (χ2n) is 3.04. The Labute approximate surface area is 89.1 Å². The number of hydrogen-bond donors (Lipinski definition) is 2. The molecule has 1 unspecified atom stereocenters. The van der Waals surface area contributed by atoms with Gasteiger partial charge in [0.05, 0.1) is 13.7 Å². The maximum absolute atomic E-state index is 11.3. The van der Waals surface area contributed by atoms with Gasteiger partial charge in [-0.3, -0.25) is 4.79 Å². The van der Waals surface area contributed by atoms with E-state index >= 15 is 0 Å². The number of esters is 1. The molecular weight excluding hydrogens is 198 g/mol. The Morgan fingerprint density at radius 2 is 2.13 bits per heavy atom. The van der Waals surface area contributed by atoms with Crippen LogP contribution in [0.15, 0.2) is 11.6 Å². The van der Waals surface area contributed by atoms with Crippen LogP contribution in [0.5, 0.6) is 0 Å². The quantitative estimate of drug-likeness (QED) is 0.499. The summed E-state index contributed by atoms with van der Waals surface area (Å²) in [6.45, 7) is 3.45. The van der Waals surface area contributed by atoms with E-state index in [1.807, 2.05) is 6.92 Å². The fourth-order valence-corrected chi connectivity index (χ4v) is 0.947. The summed E-state index contributed by atoms with van der Waals surface area (Å²) in [5.74, 6) is -1.05. The molecule has 5 heteroatoms. The lowest BCUT2D eigenvalue weighted by molar-refractivity contribution is -0.150. The van der Waals surface area contributed by atoms with Crippen molar-refractivity contribution in [3.05, 3.63) is 11.6 Å². The fraction of sp³-hybridized carbons (Fsp3) is 0.600. The molecule has 1 amide bonds. The molecule has 15 heavy (non-hydrogen) atoms. The summed E-state index contributed by atoms with van der Waals surface area (Å²) < 4.78 is 4.30. The van der Waals surface area contributed by atoms with Crippen molar-refractivity contribution in [1.82, 2.24) is 5.32 Å². The van der Waals surface area contributed by atoms with E-state index in [2.05, 4.69) is 10.1 Å². The summed E-state index contributed by atoms with van der Waals surface area (Å²) in [7, 11) is 1.18. The average Bonchev–Trinajstić information content (AvgIpc) is 2.24. The first-order chi connectivity index (χ1) is 7.02. The van der Waals surface area contributed by atoms with Crippen molar-refractivity contribution in [3.63, 3.8) is 0 Å². The molecule has 0 radical (unpaired) electrons. The average molecular weight is 215 g/mol. The monoisotopic (exact) mass is 215 g/mol. The standard InChI is InChI=1S/C10H17NO4/c1-4-5-7(2)9(13)11-6-8(12)10(14)15-3/h5,8,12H,4,6H2,1-3H3,(H,11,13)/b7-5-. The summed E-state index contributed by atoms with van der Waals surface area (Å²) in [6.07, 6.45) is 1.21. The summed E-state index contributed by atoms with van der Waals surface area (Å²) in [4.78, 5) is 22.1. The Kier molecular flexibility index (Phi) is 6.37. The van der Waals surface area contributed by atoms with Crippen LogP contribution in [-0.4, -0.2) is 36.7 Å². The maximum Gasteiger partial charge on any atom is 0.336 e. The number of nitrogens with one attached hydrogen (secondary N) is 1. The number of amides is 1. The van der Waals surface area contributed by atoms with Gasteiger partial charge in [0.15, 0.2) is 6.10 Å². The molecule has 0 aliphatic heterocycles. The number of aliphatic hydroxyl groups excluding tert-OH is 1. The Morgan fingerprint density at radius 3 is 2.60 bits per heavy atom. The highest BCUT2D eigenvalue weighted by atomic mass is 16.5. The van der Waals surface area contributed by atoms with E-state index in [1.54, 1.807) is 13.0 Å². The van der Waals surface area contributed by atoms with E-state index in [0.29, 0.717) is 5.57 Å². The van der Waals surface area contributed by atoms with Crippen LogP contribution in [-0.2, 0) is 14.3 Å². The van der Waals surface area contributed by atoms with Gasteiger partial charge in [0.25, 0.3) is 0 Å². The molecule has 0 rings (SSSR count). The Balaban J connectivity index is 4.01. The molecule has 0 aromatic rings. The lowest BCUT2D eigenvalue weighted by Crippen LogP contribution is -2.37. The van der Waals surface area contributed by atoms with Crippen molar-refractivity contribution in [3.8, 4) is 0 Å². The van der Waals surface area contributed by atoms with Gasteiger partial charge >= 0.3 is 5.97 Å². The third-order valence-corrected chi connectivity index (χ3v) is 1.80. The fourth-order valence-electron chi connectivity index (χ4n) is 0.947. The van der Waals surface area contributed by atoms with Crippen LogP contribution in [0.4, 0.5) is 0 Å². The van der Waals surface area contributed by atoms with Crippen LogP contribution in [0.2, 0.25) is 0 Å². The number of carbonyl (C=O) groups is 2. The zero-order valence-corrected chi connectivity index (χ0v) is 9.24. The number of hydrogen-bond acceptors (Lipinski definition) is 4. The highest BCUT2D eigenvalue weighted by Gasteiger charge is 2.16. The smallest absolute Gasteiger partial charge is 0.336 e. The molecule has 0 saturated heterocycles. The third-order valence-electron chi connectivity index (χ3n) is 1.80. The van der Waals surface area contributed by atoms with E-state index in [4.69, 9.17) is 5.11 Å². The molecule has 0 aromatic heterocycles. The molecule has 0 saturated carbocycles. The Morgan fingerprint density at radius 1 is 1.53 bits per heavy atom. The molecule has 0 bridgehead atoms. The topological polar surface area (TPSA) is 75.6 Å². The first-order valence-electron chi connectivity index (χ1n) is 4.73. The Bertz CT molecular complexity index is 260. The molecule has 5 nitrogen and oxygen atoms in total. The predicted octanol–water partition coefficient (Wildman–Crippen LogP) is -0.00720.